The molecule has 19 heavy (non-hydrogen) atoms. The normalized spacial score (nSPS) is 18.0. The molecule has 0 amide bonds. The summed E-state index contributed by atoms with van der Waals surface area (Å²) >= 11 is 0. The smallest absolute Gasteiger partial charge is 0.123 e. The molecule has 1 aliphatic heterocycles. The highest BCUT2D eigenvalue weighted by atomic mass is 19.1. The van der Waals surface area contributed by atoms with Crippen LogP contribution in [-0.2, 0) is 6.54 Å². The topological polar surface area (TPSA) is 15.3 Å². The average molecular weight is 264 g/mol. The van der Waals surface area contributed by atoms with E-state index in [-0.39, 0.29) is 11.4 Å². The van der Waals surface area contributed by atoms with Crippen molar-refractivity contribution in [1.29, 1.82) is 0 Å². The summed E-state index contributed by atoms with van der Waals surface area (Å²) in [5.41, 5.74) is 2.44. The highest BCUT2D eigenvalue weighted by molar-refractivity contribution is 5.56. The summed E-state index contributed by atoms with van der Waals surface area (Å²) in [6, 6.07) is 5.19. The Balaban J connectivity index is 2.23. The van der Waals surface area contributed by atoms with Crippen molar-refractivity contribution < 1.29 is 4.39 Å². The molecular formula is C16H25FN2. The molecule has 0 bridgehead atoms. The lowest BCUT2D eigenvalue weighted by atomic mass is 10.0. The van der Waals surface area contributed by atoms with Crippen LogP contribution in [0.4, 0.5) is 10.1 Å². The van der Waals surface area contributed by atoms with Crippen molar-refractivity contribution in [1.82, 2.24) is 5.32 Å². The molecule has 0 spiro atoms. The van der Waals surface area contributed by atoms with Crippen molar-refractivity contribution in [3.8, 4) is 0 Å². The summed E-state index contributed by atoms with van der Waals surface area (Å²) in [6.07, 6.45) is 3.51. The molecule has 1 aromatic carbocycles. The van der Waals surface area contributed by atoms with E-state index in [0.717, 1.165) is 31.6 Å². The van der Waals surface area contributed by atoms with Crippen molar-refractivity contribution in [3.05, 3.63) is 29.6 Å². The number of anilines is 1. The average Bonchev–Trinajstić information content (AvgIpc) is 2.70. The lowest BCUT2D eigenvalue weighted by Gasteiger charge is -2.35. The van der Waals surface area contributed by atoms with E-state index < -0.39 is 0 Å². The lowest BCUT2D eigenvalue weighted by molar-refractivity contribution is 0.515. The second kappa shape index (κ2) is 5.91. The number of nitrogens with zero attached hydrogens (tertiary/aromatic N) is 1. The van der Waals surface area contributed by atoms with Gasteiger partial charge in [-0.05, 0) is 63.4 Å². The second-order valence-electron chi connectivity index (χ2n) is 6.02. The largest absolute Gasteiger partial charge is 0.366 e. The zero-order valence-electron chi connectivity index (χ0n) is 12.3. The van der Waals surface area contributed by atoms with E-state index in [1.54, 1.807) is 12.1 Å². The van der Waals surface area contributed by atoms with E-state index in [4.69, 9.17) is 0 Å². The third-order valence-electron chi connectivity index (χ3n) is 3.98. The van der Waals surface area contributed by atoms with Gasteiger partial charge in [-0.3, -0.25) is 0 Å². The van der Waals surface area contributed by atoms with Crippen molar-refractivity contribution in [2.75, 3.05) is 18.0 Å². The van der Waals surface area contributed by atoms with E-state index >= 15 is 0 Å². The standard InChI is InChI=1S/C16H25FN2/c1-4-9-18-12-13-11-14(17)6-7-15(13)19-10-5-8-16(19,2)3/h6-7,11,18H,4-5,8-10,12H2,1-3H3. The van der Waals surface area contributed by atoms with Crippen LogP contribution >= 0.6 is 0 Å². The molecule has 0 radical (unpaired) electrons. The van der Waals surface area contributed by atoms with Crippen LogP contribution in [-0.4, -0.2) is 18.6 Å². The van der Waals surface area contributed by atoms with E-state index in [1.807, 2.05) is 6.07 Å². The van der Waals surface area contributed by atoms with Gasteiger partial charge in [0.15, 0.2) is 0 Å². The first kappa shape index (κ1) is 14.3. The number of rotatable bonds is 5. The molecule has 0 aromatic heterocycles. The van der Waals surface area contributed by atoms with Crippen LogP contribution < -0.4 is 10.2 Å². The Bertz CT molecular complexity index is 429. The fourth-order valence-corrected chi connectivity index (χ4v) is 2.91. The van der Waals surface area contributed by atoms with Gasteiger partial charge in [0.1, 0.15) is 5.82 Å². The first-order valence-electron chi connectivity index (χ1n) is 7.31. The third-order valence-corrected chi connectivity index (χ3v) is 3.98. The molecule has 1 aliphatic rings. The molecular weight excluding hydrogens is 239 g/mol. The minimum Gasteiger partial charge on any atom is -0.366 e. The molecule has 2 rings (SSSR count). The molecule has 1 heterocycles. The van der Waals surface area contributed by atoms with Gasteiger partial charge in [0.25, 0.3) is 0 Å². The molecule has 1 N–H and O–H groups in total. The predicted molar refractivity (Wildman–Crippen MR) is 79.1 cm³/mol. The van der Waals surface area contributed by atoms with Gasteiger partial charge in [-0.1, -0.05) is 6.92 Å². The van der Waals surface area contributed by atoms with E-state index in [0.29, 0.717) is 0 Å². The van der Waals surface area contributed by atoms with E-state index in [1.165, 1.54) is 18.5 Å². The Morgan fingerprint density at radius 3 is 2.79 bits per heavy atom. The number of hydrogen-bond donors (Lipinski definition) is 1. The van der Waals surface area contributed by atoms with Gasteiger partial charge in [0.2, 0.25) is 0 Å². The van der Waals surface area contributed by atoms with Crippen molar-refractivity contribution >= 4 is 5.69 Å². The van der Waals surface area contributed by atoms with Crippen LogP contribution in [0.5, 0.6) is 0 Å². The lowest BCUT2D eigenvalue weighted by Crippen LogP contribution is -2.39. The van der Waals surface area contributed by atoms with Gasteiger partial charge < -0.3 is 10.2 Å². The van der Waals surface area contributed by atoms with Crippen LogP contribution in [0.1, 0.15) is 45.6 Å². The summed E-state index contributed by atoms with van der Waals surface area (Å²) in [5.74, 6) is -0.144. The van der Waals surface area contributed by atoms with E-state index in [2.05, 4.69) is 31.0 Å². The van der Waals surface area contributed by atoms with Crippen LogP contribution in [0.15, 0.2) is 18.2 Å². The van der Waals surface area contributed by atoms with Gasteiger partial charge in [-0.2, -0.15) is 0 Å². The van der Waals surface area contributed by atoms with Gasteiger partial charge in [-0.15, -0.1) is 0 Å². The molecule has 3 heteroatoms. The fourth-order valence-electron chi connectivity index (χ4n) is 2.91. The third kappa shape index (κ3) is 3.27. The molecule has 0 aliphatic carbocycles. The van der Waals surface area contributed by atoms with Crippen LogP contribution in [0, 0.1) is 5.82 Å². The number of hydrogen-bond acceptors (Lipinski definition) is 2. The van der Waals surface area contributed by atoms with Gasteiger partial charge in [0, 0.05) is 24.3 Å². The first-order valence-corrected chi connectivity index (χ1v) is 7.31. The van der Waals surface area contributed by atoms with Crippen molar-refractivity contribution in [3.63, 3.8) is 0 Å². The van der Waals surface area contributed by atoms with Crippen molar-refractivity contribution in [2.45, 2.75) is 52.1 Å². The maximum atomic E-state index is 13.5. The Morgan fingerprint density at radius 2 is 2.16 bits per heavy atom. The summed E-state index contributed by atoms with van der Waals surface area (Å²) in [4.78, 5) is 2.43. The monoisotopic (exact) mass is 264 g/mol. The van der Waals surface area contributed by atoms with Crippen LogP contribution in [0.25, 0.3) is 0 Å². The Kier molecular flexibility index (Phi) is 4.46. The summed E-state index contributed by atoms with van der Waals surface area (Å²) in [6.45, 7) is 9.47. The van der Waals surface area contributed by atoms with Crippen molar-refractivity contribution in [2.24, 2.45) is 0 Å². The molecule has 2 nitrogen and oxygen atoms in total. The maximum Gasteiger partial charge on any atom is 0.123 e. The van der Waals surface area contributed by atoms with Gasteiger partial charge in [0.05, 0.1) is 0 Å². The Labute approximate surface area is 116 Å². The highest BCUT2D eigenvalue weighted by Gasteiger charge is 2.32. The van der Waals surface area contributed by atoms with Gasteiger partial charge in [-0.25, -0.2) is 4.39 Å². The Hall–Kier alpha value is -1.09. The molecule has 1 aromatic rings. The zero-order valence-corrected chi connectivity index (χ0v) is 12.3. The van der Waals surface area contributed by atoms with Crippen LogP contribution in [0.2, 0.25) is 0 Å². The number of benzene rings is 1. The Morgan fingerprint density at radius 1 is 1.37 bits per heavy atom. The number of halogens is 1. The highest BCUT2D eigenvalue weighted by Crippen LogP contribution is 2.35. The van der Waals surface area contributed by atoms with Gasteiger partial charge >= 0.3 is 0 Å². The molecule has 0 unspecified atom stereocenters. The molecule has 0 atom stereocenters. The van der Waals surface area contributed by atoms with E-state index in [9.17, 15) is 4.39 Å². The predicted octanol–water partition coefficient (Wildman–Crippen LogP) is 3.70. The minimum absolute atomic E-state index is 0.144. The number of nitrogens with one attached hydrogen (secondary N) is 1. The SMILES string of the molecule is CCCNCc1cc(F)ccc1N1CCCC1(C)C. The first-order chi connectivity index (χ1) is 9.04. The molecule has 1 saturated heterocycles. The second-order valence-corrected chi connectivity index (χ2v) is 6.02. The van der Waals surface area contributed by atoms with Crippen LogP contribution in [0.3, 0.4) is 0 Å². The maximum absolute atomic E-state index is 13.5. The molecule has 0 saturated carbocycles. The minimum atomic E-state index is -0.144. The molecule has 106 valence electrons. The molecule has 1 fully saturated rings. The fraction of sp³-hybridized carbons (Fsp3) is 0.625. The quantitative estimate of drug-likeness (QED) is 0.816. The summed E-state index contributed by atoms with van der Waals surface area (Å²) in [5, 5.41) is 3.38. The zero-order chi connectivity index (χ0) is 13.9. The summed E-state index contributed by atoms with van der Waals surface area (Å²) < 4.78 is 13.5. The summed E-state index contributed by atoms with van der Waals surface area (Å²) in [7, 11) is 0.